The number of hydrogen-bond acceptors (Lipinski definition) is 6. The van der Waals surface area contributed by atoms with Gasteiger partial charge in [-0.15, -0.1) is 0 Å². The third kappa shape index (κ3) is 69.5. The van der Waals surface area contributed by atoms with Gasteiger partial charge in [0.15, 0.2) is 6.10 Å². The van der Waals surface area contributed by atoms with Crippen molar-refractivity contribution in [3.63, 3.8) is 0 Å². The minimum Gasteiger partial charge on any atom is -0.462 e. The molecule has 83 heavy (non-hydrogen) atoms. The molecule has 0 heterocycles. The van der Waals surface area contributed by atoms with Crippen LogP contribution in [0.4, 0.5) is 0 Å². The van der Waals surface area contributed by atoms with Gasteiger partial charge in [0.25, 0.3) is 0 Å². The van der Waals surface area contributed by atoms with E-state index in [1.54, 1.807) is 0 Å². The van der Waals surface area contributed by atoms with Crippen LogP contribution in [0.3, 0.4) is 0 Å². The summed E-state index contributed by atoms with van der Waals surface area (Å²) >= 11 is 0. The van der Waals surface area contributed by atoms with E-state index >= 15 is 0 Å². The van der Waals surface area contributed by atoms with E-state index in [1.807, 2.05) is 6.08 Å². The molecular weight excluding hydrogens is 1020 g/mol. The van der Waals surface area contributed by atoms with Gasteiger partial charge in [-0.1, -0.05) is 376 Å². The molecule has 1 unspecified atom stereocenters. The Morgan fingerprint density at radius 1 is 0.253 bits per heavy atom. The maximum atomic E-state index is 12.9. The van der Waals surface area contributed by atoms with Gasteiger partial charge in [0.2, 0.25) is 0 Å². The summed E-state index contributed by atoms with van der Waals surface area (Å²) in [5, 5.41) is 0. The molecule has 0 aromatic carbocycles. The molecule has 482 valence electrons. The molecule has 0 aromatic heterocycles. The molecule has 0 radical (unpaired) electrons. The van der Waals surface area contributed by atoms with Crippen molar-refractivity contribution >= 4 is 17.9 Å². The topological polar surface area (TPSA) is 78.9 Å². The first-order valence-corrected chi connectivity index (χ1v) is 36.4. The molecule has 0 rings (SSSR count). The Balaban J connectivity index is 4.34. The fourth-order valence-electron chi connectivity index (χ4n) is 10.8. The molecule has 0 N–H and O–H groups in total. The Bertz CT molecular complexity index is 1520. The van der Waals surface area contributed by atoms with Gasteiger partial charge in [-0.05, 0) is 57.8 Å². The highest BCUT2D eigenvalue weighted by atomic mass is 16.6. The lowest BCUT2D eigenvalue weighted by Gasteiger charge is -2.18. The number of allylic oxidation sites excluding steroid dienone is 12. The Labute approximate surface area is 516 Å². The van der Waals surface area contributed by atoms with Crippen molar-refractivity contribution in [3.8, 4) is 0 Å². The highest BCUT2D eigenvalue weighted by Crippen LogP contribution is 2.19. The SMILES string of the molecule is CC/C=C\C/C=C\C/C=C\C/C=C\C/C=C\C/C=C\CCC(=O)OC(COC(=O)CCCCCCCCCCCCCCCCCCCCC)COC(=O)CCCCCCCCCCCCCCCCCCCCCCCCCCCCC. The van der Waals surface area contributed by atoms with Gasteiger partial charge in [-0.3, -0.25) is 14.4 Å². The number of ether oxygens (including phenoxy) is 3. The molecule has 0 fully saturated rings. The van der Waals surface area contributed by atoms with Crippen molar-refractivity contribution < 1.29 is 28.6 Å². The standard InChI is InChI=1S/C77H138O6/c1-4-7-10-13-16-19-22-25-28-31-34-35-36-37-38-39-40-41-44-46-49-52-55-58-61-64-67-70-76(79)82-73-74(83-77(80)71-68-65-62-59-56-53-50-47-43-33-30-27-24-21-18-15-12-9-6-3)72-81-75(78)69-66-63-60-57-54-51-48-45-42-32-29-26-23-20-17-14-11-8-5-2/h9,12,18,21,27,30,43,47,53,56,62,65,74H,4-8,10-11,13-17,19-20,22-26,28-29,31-42,44-46,48-52,54-55,57-61,63-64,66-73H2,1-3H3/b12-9-,21-18-,30-27-,47-43-,56-53-,65-62-. The van der Waals surface area contributed by atoms with E-state index in [0.717, 1.165) is 77.0 Å². The fourth-order valence-corrected chi connectivity index (χ4v) is 10.8. The average molecular weight is 1160 g/mol. The summed E-state index contributed by atoms with van der Waals surface area (Å²) in [4.78, 5) is 38.5. The molecule has 0 saturated carbocycles. The Hall–Kier alpha value is -3.15. The molecule has 0 bridgehead atoms. The highest BCUT2D eigenvalue weighted by molar-refractivity contribution is 5.71. The normalized spacial score (nSPS) is 12.5. The summed E-state index contributed by atoms with van der Waals surface area (Å²) < 4.78 is 16.9. The van der Waals surface area contributed by atoms with Crippen LogP contribution in [0.5, 0.6) is 0 Å². The lowest BCUT2D eigenvalue weighted by molar-refractivity contribution is -0.166. The maximum Gasteiger partial charge on any atom is 0.306 e. The first-order valence-electron chi connectivity index (χ1n) is 36.4. The summed E-state index contributed by atoms with van der Waals surface area (Å²) in [5.74, 6) is -0.960. The molecule has 1 atom stereocenters. The molecule has 6 nitrogen and oxygen atoms in total. The minimum absolute atomic E-state index is 0.101. The van der Waals surface area contributed by atoms with Crippen LogP contribution in [0, 0.1) is 0 Å². The average Bonchev–Trinajstić information content (AvgIpc) is 3.50. The number of unbranched alkanes of at least 4 members (excludes halogenated alkanes) is 44. The van der Waals surface area contributed by atoms with E-state index in [9.17, 15) is 14.4 Å². The van der Waals surface area contributed by atoms with Crippen LogP contribution >= 0.6 is 0 Å². The van der Waals surface area contributed by atoms with Crippen LogP contribution in [0.1, 0.15) is 380 Å². The quantitative estimate of drug-likeness (QED) is 0.0261. The van der Waals surface area contributed by atoms with E-state index < -0.39 is 6.10 Å². The molecule has 0 aliphatic heterocycles. The maximum absolute atomic E-state index is 12.9. The number of carbonyl (C=O) groups is 3. The summed E-state index contributed by atoms with van der Waals surface area (Å²) in [6.07, 6.45) is 93.9. The molecule has 0 spiro atoms. The number of rotatable bonds is 67. The molecule has 0 amide bonds. The zero-order chi connectivity index (χ0) is 59.9. The fraction of sp³-hybridized carbons (Fsp3) is 0.805. The van der Waals surface area contributed by atoms with Crippen molar-refractivity contribution in [2.24, 2.45) is 0 Å². The lowest BCUT2D eigenvalue weighted by Crippen LogP contribution is -2.30. The molecule has 0 aromatic rings. The first-order chi connectivity index (χ1) is 41.0. The van der Waals surface area contributed by atoms with E-state index in [0.29, 0.717) is 19.3 Å². The van der Waals surface area contributed by atoms with Crippen LogP contribution in [-0.4, -0.2) is 37.2 Å². The van der Waals surface area contributed by atoms with Crippen LogP contribution in [-0.2, 0) is 28.6 Å². The van der Waals surface area contributed by atoms with Crippen LogP contribution in [0.25, 0.3) is 0 Å². The smallest absolute Gasteiger partial charge is 0.306 e. The minimum atomic E-state index is -0.815. The zero-order valence-corrected chi connectivity index (χ0v) is 55.5. The molecular formula is C77H138O6. The van der Waals surface area contributed by atoms with E-state index in [4.69, 9.17) is 14.2 Å². The van der Waals surface area contributed by atoms with E-state index in [2.05, 4.69) is 87.6 Å². The van der Waals surface area contributed by atoms with Gasteiger partial charge in [0.05, 0.1) is 0 Å². The third-order valence-electron chi connectivity index (χ3n) is 16.2. The van der Waals surface area contributed by atoms with Crippen molar-refractivity contribution in [1.82, 2.24) is 0 Å². The van der Waals surface area contributed by atoms with E-state index in [-0.39, 0.29) is 37.5 Å². The summed E-state index contributed by atoms with van der Waals surface area (Å²) in [6.45, 7) is 6.54. The largest absolute Gasteiger partial charge is 0.462 e. The van der Waals surface area contributed by atoms with Crippen molar-refractivity contribution in [2.75, 3.05) is 13.2 Å². The van der Waals surface area contributed by atoms with Gasteiger partial charge < -0.3 is 14.2 Å². The van der Waals surface area contributed by atoms with Crippen molar-refractivity contribution in [1.29, 1.82) is 0 Å². The summed E-state index contributed by atoms with van der Waals surface area (Å²) in [5.41, 5.74) is 0. The Kier molecular flexibility index (Phi) is 68.6. The van der Waals surface area contributed by atoms with Crippen LogP contribution < -0.4 is 0 Å². The Morgan fingerprint density at radius 2 is 0.470 bits per heavy atom. The molecule has 0 aliphatic rings. The van der Waals surface area contributed by atoms with E-state index in [1.165, 1.54) is 257 Å². The molecule has 0 aliphatic carbocycles. The van der Waals surface area contributed by atoms with Gasteiger partial charge in [0.1, 0.15) is 13.2 Å². The number of esters is 3. The summed E-state index contributed by atoms with van der Waals surface area (Å²) in [7, 11) is 0. The summed E-state index contributed by atoms with van der Waals surface area (Å²) in [6, 6.07) is 0. The second-order valence-corrected chi connectivity index (χ2v) is 24.5. The Morgan fingerprint density at radius 3 is 0.711 bits per heavy atom. The molecule has 0 saturated heterocycles. The lowest BCUT2D eigenvalue weighted by atomic mass is 10.0. The van der Waals surface area contributed by atoms with Crippen molar-refractivity contribution in [2.45, 2.75) is 386 Å². The van der Waals surface area contributed by atoms with Gasteiger partial charge >= 0.3 is 17.9 Å². The van der Waals surface area contributed by atoms with Gasteiger partial charge in [-0.2, -0.15) is 0 Å². The predicted molar refractivity (Wildman–Crippen MR) is 362 cm³/mol. The highest BCUT2D eigenvalue weighted by Gasteiger charge is 2.19. The monoisotopic (exact) mass is 1160 g/mol. The van der Waals surface area contributed by atoms with Crippen molar-refractivity contribution in [3.05, 3.63) is 72.9 Å². The third-order valence-corrected chi connectivity index (χ3v) is 16.2. The zero-order valence-electron chi connectivity index (χ0n) is 55.5. The van der Waals surface area contributed by atoms with Gasteiger partial charge in [-0.25, -0.2) is 0 Å². The molecule has 6 heteroatoms. The first kappa shape index (κ1) is 79.8. The van der Waals surface area contributed by atoms with Crippen LogP contribution in [0.15, 0.2) is 72.9 Å². The second kappa shape index (κ2) is 71.3. The second-order valence-electron chi connectivity index (χ2n) is 24.5. The predicted octanol–water partition coefficient (Wildman–Crippen LogP) is 25.2. The van der Waals surface area contributed by atoms with Crippen LogP contribution in [0.2, 0.25) is 0 Å². The number of hydrogen-bond donors (Lipinski definition) is 0. The van der Waals surface area contributed by atoms with Gasteiger partial charge in [0, 0.05) is 19.3 Å². The number of carbonyl (C=O) groups excluding carboxylic acids is 3.